The summed E-state index contributed by atoms with van der Waals surface area (Å²) in [6.07, 6.45) is 2.12. The van der Waals surface area contributed by atoms with E-state index >= 15 is 0 Å². The molecular formula is C11H12N3O+. The third-order valence-corrected chi connectivity index (χ3v) is 2.64. The predicted octanol–water partition coefficient (Wildman–Crippen LogP) is 2.41. The predicted molar refractivity (Wildman–Crippen MR) is 56.3 cm³/mol. The van der Waals surface area contributed by atoms with Gasteiger partial charge in [0.05, 0.1) is 0 Å². The van der Waals surface area contributed by atoms with E-state index in [0.29, 0.717) is 11.3 Å². The highest BCUT2D eigenvalue weighted by molar-refractivity contribution is 5.99. The first-order chi connectivity index (χ1) is 7.33. The highest BCUT2D eigenvalue weighted by atomic mass is 16.2. The maximum Gasteiger partial charge on any atom is 0.397 e. The van der Waals surface area contributed by atoms with Gasteiger partial charge in [-0.3, -0.25) is 4.79 Å². The van der Waals surface area contributed by atoms with Gasteiger partial charge >= 0.3 is 5.69 Å². The van der Waals surface area contributed by atoms with Gasteiger partial charge in [-0.2, -0.15) is 0 Å². The van der Waals surface area contributed by atoms with E-state index in [1.807, 2.05) is 0 Å². The third kappa shape index (κ3) is 1.82. The van der Waals surface area contributed by atoms with Crippen LogP contribution in [-0.2, 0) is 0 Å². The Balaban J connectivity index is 2.29. The summed E-state index contributed by atoms with van der Waals surface area (Å²) in [5.41, 5.74) is 0.816. The summed E-state index contributed by atoms with van der Waals surface area (Å²) in [6.45, 7) is 1.61. The zero-order chi connectivity index (χ0) is 10.7. The molecule has 4 nitrogen and oxygen atoms in total. The molecule has 0 spiro atoms. The first-order valence-electron chi connectivity index (χ1n) is 5.06. The van der Waals surface area contributed by atoms with E-state index in [2.05, 4.69) is 4.98 Å². The first kappa shape index (κ1) is 9.66. The Bertz CT molecular complexity index is 416. The molecule has 0 unspecified atom stereocenters. The first-order valence-corrected chi connectivity index (χ1v) is 5.06. The van der Waals surface area contributed by atoms with E-state index < -0.39 is 0 Å². The average molecular weight is 202 g/mol. The Labute approximate surface area is 88.1 Å². The average Bonchev–Trinajstić information content (AvgIpc) is 2.81. The quantitative estimate of drug-likeness (QED) is 0.656. The van der Waals surface area contributed by atoms with Crippen LogP contribution in [0.15, 0.2) is 24.3 Å². The van der Waals surface area contributed by atoms with Gasteiger partial charge in [0, 0.05) is 19.2 Å². The number of diazo groups is 1. The molecular weight excluding hydrogens is 190 g/mol. The topological polar surface area (TPSA) is 48.5 Å². The molecule has 1 fully saturated rings. The zero-order valence-corrected chi connectivity index (χ0v) is 8.39. The number of benzene rings is 1. The largest absolute Gasteiger partial charge is 0.397 e. The van der Waals surface area contributed by atoms with Gasteiger partial charge in [-0.15, -0.1) is 0 Å². The van der Waals surface area contributed by atoms with Crippen molar-refractivity contribution in [1.82, 2.24) is 4.90 Å². The molecule has 1 saturated heterocycles. The van der Waals surface area contributed by atoms with Crippen molar-refractivity contribution in [2.24, 2.45) is 0 Å². The number of hydrogen-bond acceptors (Lipinski definition) is 2. The molecule has 1 amide bonds. The van der Waals surface area contributed by atoms with Crippen molar-refractivity contribution in [3.63, 3.8) is 0 Å². The second-order valence-corrected chi connectivity index (χ2v) is 3.62. The van der Waals surface area contributed by atoms with Gasteiger partial charge in [0.1, 0.15) is 5.56 Å². The lowest BCUT2D eigenvalue weighted by molar-refractivity contribution is 0.0794. The van der Waals surface area contributed by atoms with Gasteiger partial charge in [0.2, 0.25) is 5.39 Å². The number of likely N-dealkylation sites (tertiary alicyclic amines) is 1. The second-order valence-electron chi connectivity index (χ2n) is 3.62. The van der Waals surface area contributed by atoms with E-state index in [9.17, 15) is 4.79 Å². The minimum Gasteiger partial charge on any atom is -0.338 e. The summed E-state index contributed by atoms with van der Waals surface area (Å²) in [5, 5.41) is 8.76. The molecule has 1 heterocycles. The van der Waals surface area contributed by atoms with Crippen LogP contribution in [0.3, 0.4) is 0 Å². The van der Waals surface area contributed by atoms with Gasteiger partial charge < -0.3 is 4.90 Å². The lowest BCUT2D eigenvalue weighted by Crippen LogP contribution is -2.27. The molecule has 1 aliphatic heterocycles. The van der Waals surface area contributed by atoms with Gasteiger partial charge in [-0.25, -0.2) is 0 Å². The number of nitrogens with zero attached hydrogens (tertiary/aromatic N) is 3. The van der Waals surface area contributed by atoms with Gasteiger partial charge in [0.15, 0.2) is 4.98 Å². The third-order valence-electron chi connectivity index (χ3n) is 2.64. The lowest BCUT2D eigenvalue weighted by Gasteiger charge is -2.13. The molecule has 1 aromatic rings. The number of rotatable bonds is 1. The van der Waals surface area contributed by atoms with Crippen LogP contribution < -0.4 is 0 Å². The van der Waals surface area contributed by atoms with Crippen LogP contribution in [0.5, 0.6) is 0 Å². The molecule has 4 heteroatoms. The number of hydrogen-bond donors (Lipinski definition) is 0. The van der Waals surface area contributed by atoms with Crippen LogP contribution in [0.1, 0.15) is 23.2 Å². The molecule has 0 N–H and O–H groups in total. The fourth-order valence-electron chi connectivity index (χ4n) is 1.83. The van der Waals surface area contributed by atoms with Crippen molar-refractivity contribution < 1.29 is 4.79 Å². The molecule has 1 aliphatic rings. The Kier molecular flexibility index (Phi) is 2.64. The van der Waals surface area contributed by atoms with Gasteiger partial charge in [-0.05, 0) is 18.9 Å². The summed E-state index contributed by atoms with van der Waals surface area (Å²) in [7, 11) is 0. The summed E-state index contributed by atoms with van der Waals surface area (Å²) in [6, 6.07) is 6.84. The lowest BCUT2D eigenvalue weighted by atomic mass is 10.1. The number of carbonyl (C=O) groups excluding carboxylic acids is 1. The molecule has 0 aliphatic carbocycles. The van der Waals surface area contributed by atoms with Crippen molar-refractivity contribution in [2.75, 3.05) is 13.1 Å². The molecule has 0 radical (unpaired) electrons. The molecule has 0 bridgehead atoms. The van der Waals surface area contributed by atoms with Crippen LogP contribution >= 0.6 is 0 Å². The molecule has 2 rings (SSSR count). The van der Waals surface area contributed by atoms with Crippen molar-refractivity contribution in [3.05, 3.63) is 34.8 Å². The zero-order valence-electron chi connectivity index (χ0n) is 8.39. The molecule has 76 valence electrons. The van der Waals surface area contributed by atoms with Crippen LogP contribution in [-0.4, -0.2) is 23.9 Å². The minimum atomic E-state index is -0.0408. The van der Waals surface area contributed by atoms with E-state index in [-0.39, 0.29) is 5.91 Å². The number of amides is 1. The van der Waals surface area contributed by atoms with E-state index in [1.165, 1.54) is 0 Å². The molecule has 0 aromatic heterocycles. The number of carbonyl (C=O) groups is 1. The summed E-state index contributed by atoms with van der Waals surface area (Å²) >= 11 is 0. The fraction of sp³-hybridized carbons (Fsp3) is 0.364. The maximum absolute atomic E-state index is 12.0. The summed E-state index contributed by atoms with van der Waals surface area (Å²) < 4.78 is 0. The Morgan fingerprint density at radius 1 is 1.27 bits per heavy atom. The highest BCUT2D eigenvalue weighted by Gasteiger charge is 2.26. The normalized spacial score (nSPS) is 15.0. The maximum atomic E-state index is 12.0. The molecule has 0 saturated carbocycles. The van der Waals surface area contributed by atoms with Crippen LogP contribution in [0.4, 0.5) is 5.69 Å². The van der Waals surface area contributed by atoms with Crippen molar-refractivity contribution in [1.29, 1.82) is 5.39 Å². The SMILES string of the molecule is N#[N+]c1ccccc1C(=O)N1CCCC1. The van der Waals surface area contributed by atoms with Gasteiger partial charge in [-0.1, -0.05) is 12.1 Å². The monoisotopic (exact) mass is 202 g/mol. The minimum absolute atomic E-state index is 0.0408. The van der Waals surface area contributed by atoms with E-state index in [0.717, 1.165) is 25.9 Å². The molecule has 0 atom stereocenters. The van der Waals surface area contributed by atoms with Crippen molar-refractivity contribution >= 4 is 11.6 Å². The summed E-state index contributed by atoms with van der Waals surface area (Å²) in [4.78, 5) is 16.9. The van der Waals surface area contributed by atoms with E-state index in [1.54, 1.807) is 29.2 Å². The second kappa shape index (κ2) is 4.09. The van der Waals surface area contributed by atoms with E-state index in [4.69, 9.17) is 5.39 Å². The highest BCUT2D eigenvalue weighted by Crippen LogP contribution is 2.22. The fourth-order valence-corrected chi connectivity index (χ4v) is 1.83. The van der Waals surface area contributed by atoms with Crippen molar-refractivity contribution in [3.8, 4) is 0 Å². The standard InChI is InChI=1S/C11H12N3O/c12-13-10-6-2-1-5-9(10)11(15)14-7-3-4-8-14/h1-2,5-6H,3-4,7-8H2/q+1. The van der Waals surface area contributed by atoms with Crippen LogP contribution in [0.2, 0.25) is 0 Å². The Morgan fingerprint density at radius 2 is 1.93 bits per heavy atom. The van der Waals surface area contributed by atoms with Gasteiger partial charge in [0.25, 0.3) is 5.91 Å². The Morgan fingerprint density at radius 3 is 2.60 bits per heavy atom. The Hall–Kier alpha value is -1.89. The molecule has 15 heavy (non-hydrogen) atoms. The smallest absolute Gasteiger partial charge is 0.338 e. The van der Waals surface area contributed by atoms with Crippen LogP contribution in [0, 0.1) is 5.39 Å². The molecule has 1 aromatic carbocycles. The van der Waals surface area contributed by atoms with Crippen molar-refractivity contribution in [2.45, 2.75) is 12.8 Å². The van der Waals surface area contributed by atoms with Crippen LogP contribution in [0.25, 0.3) is 4.98 Å². The summed E-state index contributed by atoms with van der Waals surface area (Å²) in [5.74, 6) is -0.0408.